The first-order valence-corrected chi connectivity index (χ1v) is 17.9. The van der Waals surface area contributed by atoms with E-state index in [1.807, 2.05) is 12.5 Å². The molecule has 2 heterocycles. The normalized spacial score (nSPS) is 11.9. The van der Waals surface area contributed by atoms with E-state index < -0.39 is 6.10 Å². The number of nitrogens with one attached hydrogen (secondary N) is 1. The third-order valence-electron chi connectivity index (χ3n) is 5.82. The molecule has 2 aromatic heterocycles. The van der Waals surface area contributed by atoms with Crippen molar-refractivity contribution in [3.63, 3.8) is 0 Å². The summed E-state index contributed by atoms with van der Waals surface area (Å²) in [5, 5.41) is 10.6. The van der Waals surface area contributed by atoms with Crippen LogP contribution in [0.3, 0.4) is 0 Å². The Morgan fingerprint density at radius 2 is 1.35 bits per heavy atom. The second-order valence-corrected chi connectivity index (χ2v) is 13.5. The van der Waals surface area contributed by atoms with E-state index in [0.717, 1.165) is 29.1 Å². The van der Waals surface area contributed by atoms with Crippen molar-refractivity contribution in [1.29, 1.82) is 0 Å². The fourth-order valence-corrected chi connectivity index (χ4v) is 6.03. The summed E-state index contributed by atoms with van der Waals surface area (Å²) < 4.78 is 28.1. The van der Waals surface area contributed by atoms with E-state index in [9.17, 15) is 23.5 Å². The average Bonchev–Trinajstić information content (AvgIpc) is 2.98. The molecule has 0 amide bonds. The topological polar surface area (TPSA) is 75.1 Å². The SMILES string of the molecule is CSCCC(O)c1ccc(F)cc1.CSCCC(c1ccc(F)cc1)n1cc(Cl)cc(Br)c1=O.O=c1[nH]cc(Cl)cc1Br. The zero-order chi connectivity index (χ0) is 31.9. The molecule has 0 spiro atoms. The van der Waals surface area contributed by atoms with E-state index in [4.69, 9.17) is 23.2 Å². The summed E-state index contributed by atoms with van der Waals surface area (Å²) in [6.07, 6.45) is 8.09. The van der Waals surface area contributed by atoms with E-state index in [2.05, 4.69) is 36.8 Å². The van der Waals surface area contributed by atoms with Crippen LogP contribution in [0.1, 0.15) is 36.1 Å². The van der Waals surface area contributed by atoms with Gasteiger partial charge >= 0.3 is 0 Å². The Hall–Kier alpha value is -1.60. The van der Waals surface area contributed by atoms with Gasteiger partial charge < -0.3 is 14.7 Å². The lowest BCUT2D eigenvalue weighted by Gasteiger charge is -2.21. The lowest BCUT2D eigenvalue weighted by atomic mass is 10.0. The smallest absolute Gasteiger partial charge is 0.265 e. The van der Waals surface area contributed by atoms with Crippen molar-refractivity contribution in [2.24, 2.45) is 0 Å². The Bertz CT molecular complexity index is 1540. The van der Waals surface area contributed by atoms with Crippen LogP contribution in [0.5, 0.6) is 0 Å². The van der Waals surface area contributed by atoms with E-state index in [1.165, 1.54) is 30.5 Å². The van der Waals surface area contributed by atoms with Gasteiger partial charge in [-0.2, -0.15) is 23.5 Å². The second-order valence-electron chi connectivity index (χ2n) is 8.91. The number of nitrogens with zero attached hydrogens (tertiary/aromatic N) is 1. The van der Waals surface area contributed by atoms with Crippen molar-refractivity contribution in [3.8, 4) is 0 Å². The maximum Gasteiger partial charge on any atom is 0.265 e. The first-order valence-electron chi connectivity index (χ1n) is 12.7. The van der Waals surface area contributed by atoms with Gasteiger partial charge in [0.05, 0.1) is 31.1 Å². The number of pyridine rings is 2. The zero-order valence-electron chi connectivity index (χ0n) is 23.2. The van der Waals surface area contributed by atoms with Gasteiger partial charge in [0, 0.05) is 12.4 Å². The summed E-state index contributed by atoms with van der Waals surface area (Å²) in [5.74, 6) is 1.25. The number of hydrogen-bond acceptors (Lipinski definition) is 5. The summed E-state index contributed by atoms with van der Waals surface area (Å²) in [6, 6.07) is 15.2. The molecule has 0 bridgehead atoms. The molecule has 13 heteroatoms. The quantitative estimate of drug-likeness (QED) is 0.177. The molecule has 0 radical (unpaired) electrons. The van der Waals surface area contributed by atoms with Crippen molar-refractivity contribution in [3.05, 3.63) is 136 Å². The highest BCUT2D eigenvalue weighted by molar-refractivity contribution is 9.10. The molecule has 4 rings (SSSR count). The lowest BCUT2D eigenvalue weighted by Crippen LogP contribution is -2.26. The molecule has 2 unspecified atom stereocenters. The number of aliphatic hydroxyl groups is 1. The van der Waals surface area contributed by atoms with E-state index >= 15 is 0 Å². The van der Waals surface area contributed by atoms with Crippen LogP contribution in [0.4, 0.5) is 8.78 Å². The molecule has 0 aliphatic carbocycles. The molecule has 0 saturated heterocycles. The molecule has 2 atom stereocenters. The summed E-state index contributed by atoms with van der Waals surface area (Å²) in [5.41, 5.74) is 1.37. The molecule has 5 nitrogen and oxygen atoms in total. The fourth-order valence-electron chi connectivity index (χ4n) is 3.66. The molecule has 43 heavy (non-hydrogen) atoms. The molecule has 0 fully saturated rings. The number of aliphatic hydroxyl groups excluding tert-OH is 1. The van der Waals surface area contributed by atoms with Crippen molar-refractivity contribution >= 4 is 78.6 Å². The van der Waals surface area contributed by atoms with Crippen molar-refractivity contribution in [1.82, 2.24) is 9.55 Å². The Balaban J connectivity index is 0.000000249. The highest BCUT2D eigenvalue weighted by Crippen LogP contribution is 2.25. The lowest BCUT2D eigenvalue weighted by molar-refractivity contribution is 0.175. The maximum absolute atomic E-state index is 13.1. The van der Waals surface area contributed by atoms with Gasteiger partial charge in [0.15, 0.2) is 0 Å². The van der Waals surface area contributed by atoms with Crippen LogP contribution in [0.15, 0.2) is 91.6 Å². The van der Waals surface area contributed by atoms with Crippen LogP contribution < -0.4 is 11.1 Å². The monoisotopic (exact) mass is 796 g/mol. The Morgan fingerprint density at radius 3 is 1.86 bits per heavy atom. The number of benzene rings is 2. The van der Waals surface area contributed by atoms with Crippen LogP contribution in [0.2, 0.25) is 10.0 Å². The highest BCUT2D eigenvalue weighted by Gasteiger charge is 2.17. The van der Waals surface area contributed by atoms with Gasteiger partial charge in [-0.1, -0.05) is 47.5 Å². The highest BCUT2D eigenvalue weighted by atomic mass is 79.9. The molecule has 232 valence electrons. The van der Waals surface area contributed by atoms with Gasteiger partial charge in [0.1, 0.15) is 11.6 Å². The van der Waals surface area contributed by atoms with E-state index in [1.54, 1.807) is 70.7 Å². The van der Waals surface area contributed by atoms with Crippen LogP contribution in [-0.2, 0) is 0 Å². The van der Waals surface area contributed by atoms with Crippen molar-refractivity contribution in [2.45, 2.75) is 25.0 Å². The zero-order valence-corrected chi connectivity index (χ0v) is 29.5. The molecular weight excluding hydrogens is 769 g/mol. The molecule has 2 N–H and O–H groups in total. The van der Waals surface area contributed by atoms with Crippen molar-refractivity contribution in [2.75, 3.05) is 24.0 Å². The molecule has 0 aliphatic heterocycles. The van der Waals surface area contributed by atoms with Gasteiger partial charge in [-0.3, -0.25) is 9.59 Å². The summed E-state index contributed by atoms with van der Waals surface area (Å²) in [7, 11) is 0. The van der Waals surface area contributed by atoms with Gasteiger partial charge in [0.2, 0.25) is 0 Å². The van der Waals surface area contributed by atoms with Gasteiger partial charge in [-0.05, 0) is 116 Å². The van der Waals surface area contributed by atoms with Crippen LogP contribution in [0.25, 0.3) is 0 Å². The van der Waals surface area contributed by atoms with E-state index in [-0.39, 0.29) is 28.8 Å². The molecule has 0 aliphatic rings. The standard InChI is InChI=1S/C15H14BrClFNOS.C10H13FOS.C5H3BrClNO/c1-21-7-6-14(10-2-4-12(18)5-3-10)19-9-11(17)8-13(16)15(19)20;1-13-7-6-10(12)8-2-4-9(11)5-3-8;6-4-1-3(7)2-8-5(4)9/h2-5,8-9,14H,6-7H2,1H3;2-5,10,12H,6-7H2,1H3;1-2H,(H,8,9). The van der Waals surface area contributed by atoms with Crippen LogP contribution in [0, 0.1) is 11.6 Å². The summed E-state index contributed by atoms with van der Waals surface area (Å²) in [6.45, 7) is 0. The van der Waals surface area contributed by atoms with Gasteiger partial charge in [-0.15, -0.1) is 0 Å². The Morgan fingerprint density at radius 1 is 0.837 bits per heavy atom. The first-order chi connectivity index (χ1) is 20.5. The predicted octanol–water partition coefficient (Wildman–Crippen LogP) is 9.15. The summed E-state index contributed by atoms with van der Waals surface area (Å²) >= 11 is 21.2. The van der Waals surface area contributed by atoms with Crippen molar-refractivity contribution < 1.29 is 13.9 Å². The second kappa shape index (κ2) is 19.7. The molecule has 0 saturated carbocycles. The third-order valence-corrected chi connectivity index (χ3v) is 8.69. The van der Waals surface area contributed by atoms with Crippen LogP contribution in [-0.4, -0.2) is 38.7 Å². The number of aromatic nitrogens is 2. The number of rotatable bonds is 9. The minimum Gasteiger partial charge on any atom is -0.388 e. The molecule has 4 aromatic rings. The minimum atomic E-state index is -0.465. The minimum absolute atomic E-state index is 0.144. The number of H-pyrrole nitrogens is 1. The number of hydrogen-bond donors (Lipinski definition) is 2. The van der Waals surface area contributed by atoms with Gasteiger partial charge in [0.25, 0.3) is 11.1 Å². The Labute approximate surface area is 284 Å². The van der Waals surface area contributed by atoms with Gasteiger partial charge in [-0.25, -0.2) is 8.78 Å². The maximum atomic E-state index is 13.1. The van der Waals surface area contributed by atoms with Crippen LogP contribution >= 0.6 is 78.6 Å². The summed E-state index contributed by atoms with van der Waals surface area (Å²) in [4.78, 5) is 25.4. The number of thioether (sulfide) groups is 2. The average molecular weight is 799 g/mol. The number of halogens is 6. The largest absolute Gasteiger partial charge is 0.388 e. The molecular formula is C30H30Br2Cl2F2N2O3S2. The first kappa shape index (κ1) is 37.6. The number of aromatic amines is 1. The predicted molar refractivity (Wildman–Crippen MR) is 185 cm³/mol. The van der Waals surface area contributed by atoms with E-state index in [0.29, 0.717) is 25.4 Å². The third kappa shape index (κ3) is 13.1. The molecule has 2 aromatic carbocycles. The fraction of sp³-hybridized carbons (Fsp3) is 0.267. The Kier molecular flexibility index (Phi) is 17.2.